The van der Waals surface area contributed by atoms with Crippen molar-refractivity contribution in [1.82, 2.24) is 5.32 Å². The average Bonchev–Trinajstić information content (AvgIpc) is 2.35. The lowest BCUT2D eigenvalue weighted by molar-refractivity contribution is 0.249. The number of rotatable bonds is 8. The molecule has 1 aromatic rings. The first-order valence-corrected chi connectivity index (χ1v) is 8.03. The molecule has 114 valence electrons. The van der Waals surface area contributed by atoms with E-state index >= 15 is 0 Å². The lowest BCUT2D eigenvalue weighted by atomic mass is 10.1. The summed E-state index contributed by atoms with van der Waals surface area (Å²) >= 11 is 12.4. The van der Waals surface area contributed by atoms with Crippen molar-refractivity contribution in [2.75, 3.05) is 6.61 Å². The van der Waals surface area contributed by atoms with Crippen molar-refractivity contribution in [2.24, 2.45) is 5.92 Å². The molecule has 0 aromatic heterocycles. The van der Waals surface area contributed by atoms with Gasteiger partial charge in [0.05, 0.1) is 11.6 Å². The van der Waals surface area contributed by atoms with Crippen LogP contribution in [0.4, 0.5) is 0 Å². The zero-order chi connectivity index (χ0) is 15.1. The van der Waals surface area contributed by atoms with E-state index in [4.69, 9.17) is 27.9 Å². The monoisotopic (exact) mass is 317 g/mol. The Morgan fingerprint density at radius 1 is 1.20 bits per heavy atom. The highest BCUT2D eigenvalue weighted by Gasteiger charge is 2.12. The van der Waals surface area contributed by atoms with Gasteiger partial charge >= 0.3 is 0 Å². The molecule has 0 bridgehead atoms. The van der Waals surface area contributed by atoms with Crippen molar-refractivity contribution in [1.29, 1.82) is 0 Å². The Bertz CT molecular complexity index is 421. The minimum absolute atomic E-state index is 0.402. The van der Waals surface area contributed by atoms with Gasteiger partial charge < -0.3 is 10.1 Å². The summed E-state index contributed by atoms with van der Waals surface area (Å²) in [4.78, 5) is 0. The van der Waals surface area contributed by atoms with Crippen molar-refractivity contribution in [3.8, 4) is 5.75 Å². The van der Waals surface area contributed by atoms with Gasteiger partial charge in [-0.15, -0.1) is 0 Å². The molecular weight excluding hydrogens is 293 g/mol. The van der Waals surface area contributed by atoms with Crippen LogP contribution in [-0.4, -0.2) is 12.6 Å². The number of nitrogens with one attached hydrogen (secondary N) is 1. The molecule has 0 radical (unpaired) electrons. The molecular formula is C16H25Cl2NO. The highest BCUT2D eigenvalue weighted by Crippen LogP contribution is 2.33. The molecule has 0 fully saturated rings. The number of halogens is 2. The summed E-state index contributed by atoms with van der Waals surface area (Å²) < 4.78 is 5.94. The van der Waals surface area contributed by atoms with Crippen molar-refractivity contribution < 1.29 is 4.74 Å². The summed E-state index contributed by atoms with van der Waals surface area (Å²) in [5.41, 5.74) is 1.01. The Morgan fingerprint density at radius 3 is 2.50 bits per heavy atom. The van der Waals surface area contributed by atoms with Crippen LogP contribution in [0.5, 0.6) is 5.75 Å². The van der Waals surface area contributed by atoms with Crippen LogP contribution >= 0.6 is 23.2 Å². The van der Waals surface area contributed by atoms with Crippen LogP contribution < -0.4 is 10.1 Å². The zero-order valence-corrected chi connectivity index (χ0v) is 14.3. The molecule has 0 saturated carbocycles. The van der Waals surface area contributed by atoms with Gasteiger partial charge in [-0.05, 0) is 24.5 Å². The fraction of sp³-hybridized carbons (Fsp3) is 0.625. The first-order chi connectivity index (χ1) is 9.43. The van der Waals surface area contributed by atoms with Gasteiger partial charge in [-0.25, -0.2) is 0 Å². The molecule has 1 N–H and O–H groups in total. The minimum atomic E-state index is 0.402. The van der Waals surface area contributed by atoms with Crippen molar-refractivity contribution in [3.05, 3.63) is 27.7 Å². The third-order valence-electron chi connectivity index (χ3n) is 3.08. The molecule has 0 heterocycles. The van der Waals surface area contributed by atoms with Crippen LogP contribution in [0, 0.1) is 5.92 Å². The van der Waals surface area contributed by atoms with Gasteiger partial charge in [0.2, 0.25) is 0 Å². The van der Waals surface area contributed by atoms with Crippen LogP contribution in [0.25, 0.3) is 0 Å². The molecule has 20 heavy (non-hydrogen) atoms. The van der Waals surface area contributed by atoms with E-state index < -0.39 is 0 Å². The summed E-state index contributed by atoms with van der Waals surface area (Å²) in [6.07, 6.45) is 2.32. The molecule has 4 heteroatoms. The standard InChI is InChI=1S/C16H25Cl2NO/c1-5-6-12(4)10-20-16-13(9-19-11(2)3)7-14(17)8-15(16)18/h7-8,11-12,19H,5-6,9-10H2,1-4H3. The Hall–Kier alpha value is -0.440. The van der Waals surface area contributed by atoms with E-state index in [1.165, 1.54) is 6.42 Å². The minimum Gasteiger partial charge on any atom is -0.491 e. The molecule has 0 aliphatic heterocycles. The normalized spacial score (nSPS) is 12.8. The van der Waals surface area contributed by atoms with Gasteiger partial charge in [0.25, 0.3) is 0 Å². The van der Waals surface area contributed by atoms with E-state index in [1.807, 2.05) is 6.07 Å². The third-order valence-corrected chi connectivity index (χ3v) is 3.58. The fourth-order valence-corrected chi connectivity index (χ4v) is 2.61. The van der Waals surface area contributed by atoms with E-state index in [2.05, 4.69) is 33.0 Å². The molecule has 0 amide bonds. The van der Waals surface area contributed by atoms with E-state index in [1.54, 1.807) is 6.07 Å². The lowest BCUT2D eigenvalue weighted by Gasteiger charge is -2.18. The van der Waals surface area contributed by atoms with E-state index in [0.29, 0.717) is 35.2 Å². The topological polar surface area (TPSA) is 21.3 Å². The van der Waals surface area contributed by atoms with Gasteiger partial charge in [0.15, 0.2) is 0 Å². The summed E-state index contributed by atoms with van der Waals surface area (Å²) in [6.45, 7) is 9.98. The summed E-state index contributed by atoms with van der Waals surface area (Å²) in [5.74, 6) is 1.28. The summed E-state index contributed by atoms with van der Waals surface area (Å²) in [7, 11) is 0. The van der Waals surface area contributed by atoms with E-state index in [-0.39, 0.29) is 0 Å². The number of ether oxygens (including phenoxy) is 1. The second-order valence-electron chi connectivity index (χ2n) is 5.62. The second-order valence-corrected chi connectivity index (χ2v) is 6.46. The van der Waals surface area contributed by atoms with Crippen LogP contribution in [0.15, 0.2) is 12.1 Å². The molecule has 1 rings (SSSR count). The zero-order valence-electron chi connectivity index (χ0n) is 12.8. The van der Waals surface area contributed by atoms with Crippen molar-refractivity contribution in [3.63, 3.8) is 0 Å². The van der Waals surface area contributed by atoms with Gasteiger partial charge in [-0.1, -0.05) is 57.3 Å². The van der Waals surface area contributed by atoms with Crippen molar-refractivity contribution in [2.45, 2.75) is 53.1 Å². The van der Waals surface area contributed by atoms with Gasteiger partial charge in [0, 0.05) is 23.2 Å². The first-order valence-electron chi connectivity index (χ1n) is 7.28. The Morgan fingerprint density at radius 2 is 1.90 bits per heavy atom. The fourth-order valence-electron chi connectivity index (χ4n) is 2.02. The van der Waals surface area contributed by atoms with Gasteiger partial charge in [0.1, 0.15) is 5.75 Å². The number of hydrogen-bond donors (Lipinski definition) is 1. The predicted octanol–water partition coefficient (Wildman–Crippen LogP) is 5.31. The highest BCUT2D eigenvalue weighted by atomic mass is 35.5. The maximum absolute atomic E-state index is 6.27. The summed E-state index contributed by atoms with van der Waals surface area (Å²) in [5, 5.41) is 4.60. The molecule has 1 atom stereocenters. The van der Waals surface area contributed by atoms with Crippen molar-refractivity contribution >= 4 is 23.2 Å². The van der Waals surface area contributed by atoms with Crippen LogP contribution in [-0.2, 0) is 6.54 Å². The number of benzene rings is 1. The lowest BCUT2D eigenvalue weighted by Crippen LogP contribution is -2.22. The van der Waals surface area contributed by atoms with Gasteiger partial charge in [-0.3, -0.25) is 0 Å². The Labute approximate surface area is 132 Å². The maximum atomic E-state index is 6.27. The van der Waals surface area contributed by atoms with Crippen LogP contribution in [0.2, 0.25) is 10.0 Å². The van der Waals surface area contributed by atoms with E-state index in [0.717, 1.165) is 17.7 Å². The van der Waals surface area contributed by atoms with Gasteiger partial charge in [-0.2, -0.15) is 0 Å². The second kappa shape index (κ2) is 8.76. The third kappa shape index (κ3) is 5.90. The molecule has 1 unspecified atom stereocenters. The highest BCUT2D eigenvalue weighted by molar-refractivity contribution is 6.35. The maximum Gasteiger partial charge on any atom is 0.142 e. The Kier molecular flexibility index (Phi) is 7.71. The van der Waals surface area contributed by atoms with E-state index in [9.17, 15) is 0 Å². The predicted molar refractivity (Wildman–Crippen MR) is 88.0 cm³/mol. The largest absolute Gasteiger partial charge is 0.491 e. The molecule has 0 saturated heterocycles. The molecule has 2 nitrogen and oxygen atoms in total. The summed E-state index contributed by atoms with van der Waals surface area (Å²) in [6, 6.07) is 4.06. The van der Waals surface area contributed by atoms with Crippen LogP contribution in [0.3, 0.4) is 0 Å². The molecule has 0 aliphatic rings. The molecule has 1 aromatic carbocycles. The smallest absolute Gasteiger partial charge is 0.142 e. The Balaban J connectivity index is 2.80. The SMILES string of the molecule is CCCC(C)COc1c(Cl)cc(Cl)cc1CNC(C)C. The molecule has 0 spiro atoms. The quantitative estimate of drug-likeness (QED) is 0.701. The number of hydrogen-bond acceptors (Lipinski definition) is 2. The average molecular weight is 318 g/mol. The van der Waals surface area contributed by atoms with Crippen LogP contribution in [0.1, 0.15) is 46.1 Å². The first kappa shape index (κ1) is 17.6. The molecule has 0 aliphatic carbocycles.